The van der Waals surface area contributed by atoms with Gasteiger partial charge in [-0.3, -0.25) is 4.79 Å². The number of hydrogen-bond acceptors (Lipinski definition) is 4. The molecule has 1 aromatic rings. The van der Waals surface area contributed by atoms with Gasteiger partial charge in [-0.15, -0.1) is 0 Å². The minimum atomic E-state index is -1.65. The number of carboxylic acids is 1. The number of alkyl halides is 1. The lowest BCUT2D eigenvalue weighted by atomic mass is 9.90. The molecule has 0 amide bonds. The van der Waals surface area contributed by atoms with Crippen LogP contribution in [0.25, 0.3) is 0 Å². The van der Waals surface area contributed by atoms with Gasteiger partial charge in [0.15, 0.2) is 11.5 Å². The van der Waals surface area contributed by atoms with Crippen molar-refractivity contribution >= 4 is 5.97 Å². The molecule has 112 valence electrons. The highest BCUT2D eigenvalue weighted by molar-refractivity contribution is 5.73. The minimum Gasteiger partial charge on any atom is -0.493 e. The molecule has 0 spiro atoms. The van der Waals surface area contributed by atoms with Crippen LogP contribution in [0.2, 0.25) is 0 Å². The first-order chi connectivity index (χ1) is 9.20. The van der Waals surface area contributed by atoms with Crippen LogP contribution in [-0.4, -0.2) is 31.3 Å². The molecule has 0 bridgehead atoms. The molecule has 6 heteroatoms. The fourth-order valence-corrected chi connectivity index (χ4v) is 1.97. The fourth-order valence-electron chi connectivity index (χ4n) is 1.97. The van der Waals surface area contributed by atoms with Crippen molar-refractivity contribution in [2.45, 2.75) is 32.0 Å². The normalized spacial score (nSPS) is 12.9. The van der Waals surface area contributed by atoms with Gasteiger partial charge in [0.05, 0.1) is 14.2 Å². The van der Waals surface area contributed by atoms with Crippen LogP contribution in [0, 0.1) is 0 Å². The van der Waals surface area contributed by atoms with Crippen molar-refractivity contribution in [2.75, 3.05) is 14.2 Å². The van der Waals surface area contributed by atoms with Gasteiger partial charge in [-0.25, -0.2) is 4.39 Å². The summed E-state index contributed by atoms with van der Waals surface area (Å²) in [6, 6.07) is 1.98. The zero-order valence-corrected chi connectivity index (χ0v) is 12.1. The number of nitrogens with two attached hydrogens (primary N) is 1. The quantitative estimate of drug-likeness (QED) is 0.833. The average molecular weight is 285 g/mol. The molecular weight excluding hydrogens is 265 g/mol. The topological polar surface area (TPSA) is 81.8 Å². The van der Waals surface area contributed by atoms with E-state index in [1.807, 2.05) is 0 Å². The molecule has 0 aliphatic rings. The molecule has 0 aromatic heterocycles. The maximum absolute atomic E-state index is 14.3. The van der Waals surface area contributed by atoms with Crippen LogP contribution >= 0.6 is 0 Å². The highest BCUT2D eigenvalue weighted by Crippen LogP contribution is 2.37. The van der Waals surface area contributed by atoms with E-state index in [-0.39, 0.29) is 6.42 Å². The summed E-state index contributed by atoms with van der Waals surface area (Å²) in [5, 5.41) is 8.89. The van der Waals surface area contributed by atoms with Gasteiger partial charge in [-0.2, -0.15) is 0 Å². The van der Waals surface area contributed by atoms with Crippen LogP contribution in [0.15, 0.2) is 12.1 Å². The summed E-state index contributed by atoms with van der Waals surface area (Å²) >= 11 is 0. The molecule has 0 fully saturated rings. The van der Waals surface area contributed by atoms with Gasteiger partial charge >= 0.3 is 5.97 Å². The number of methoxy groups -OCH3 is 2. The zero-order chi connectivity index (χ0) is 15.5. The van der Waals surface area contributed by atoms with Crippen molar-refractivity contribution in [1.29, 1.82) is 0 Å². The highest BCUT2D eigenvalue weighted by atomic mass is 19.1. The van der Waals surface area contributed by atoms with Gasteiger partial charge in [-0.1, -0.05) is 0 Å². The van der Waals surface area contributed by atoms with Crippen molar-refractivity contribution in [3.8, 4) is 11.5 Å². The number of halogens is 1. The van der Waals surface area contributed by atoms with Crippen LogP contribution in [0.1, 0.15) is 25.0 Å². The number of hydrogen-bond donors (Lipinski definition) is 2. The largest absolute Gasteiger partial charge is 0.493 e. The Labute approximate surface area is 117 Å². The lowest BCUT2D eigenvalue weighted by Gasteiger charge is -2.22. The third kappa shape index (κ3) is 3.60. The summed E-state index contributed by atoms with van der Waals surface area (Å²) in [5.74, 6) is -0.337. The Morgan fingerprint density at radius 2 is 1.85 bits per heavy atom. The van der Waals surface area contributed by atoms with Gasteiger partial charge in [0, 0.05) is 0 Å². The van der Waals surface area contributed by atoms with E-state index >= 15 is 0 Å². The summed E-state index contributed by atoms with van der Waals surface area (Å²) in [5.41, 5.74) is 4.71. The Kier molecular flexibility index (Phi) is 4.94. The number of rotatable bonds is 6. The molecule has 0 radical (unpaired) electrons. The van der Waals surface area contributed by atoms with Gasteiger partial charge in [0.1, 0.15) is 11.7 Å². The Morgan fingerprint density at radius 3 is 2.25 bits per heavy atom. The molecule has 3 N–H and O–H groups in total. The fraction of sp³-hybridized carbons (Fsp3) is 0.500. The number of ether oxygens (including phenoxy) is 2. The first-order valence-electron chi connectivity index (χ1n) is 6.13. The third-order valence-electron chi connectivity index (χ3n) is 3.01. The number of carbonyl (C=O) groups is 1. The summed E-state index contributed by atoms with van der Waals surface area (Å²) in [7, 11) is 2.91. The average Bonchev–Trinajstić information content (AvgIpc) is 2.36. The van der Waals surface area contributed by atoms with E-state index in [1.165, 1.54) is 34.1 Å². The highest BCUT2D eigenvalue weighted by Gasteiger charge is 2.27. The number of benzene rings is 1. The molecule has 5 nitrogen and oxygen atoms in total. The van der Waals surface area contributed by atoms with Gasteiger partial charge in [0.2, 0.25) is 0 Å². The van der Waals surface area contributed by atoms with Gasteiger partial charge in [0.25, 0.3) is 0 Å². The molecule has 0 aliphatic carbocycles. The predicted octanol–water partition coefficient (Wildman–Crippen LogP) is 1.86. The summed E-state index contributed by atoms with van der Waals surface area (Å²) in [6.07, 6.45) is 0.0123. The third-order valence-corrected chi connectivity index (χ3v) is 3.01. The Morgan fingerprint density at radius 1 is 1.35 bits per heavy atom. The van der Waals surface area contributed by atoms with E-state index in [2.05, 4.69) is 0 Å². The molecule has 1 aromatic carbocycles. The van der Waals surface area contributed by atoms with E-state index in [0.29, 0.717) is 22.6 Å². The molecule has 20 heavy (non-hydrogen) atoms. The van der Waals surface area contributed by atoms with Gasteiger partial charge in [-0.05, 0) is 43.5 Å². The van der Waals surface area contributed by atoms with E-state index in [1.54, 1.807) is 6.07 Å². The molecule has 0 saturated carbocycles. The lowest BCUT2D eigenvalue weighted by molar-refractivity contribution is -0.138. The molecule has 0 aliphatic heterocycles. The Hall–Kier alpha value is -1.82. The van der Waals surface area contributed by atoms with Crippen LogP contribution in [0.4, 0.5) is 4.39 Å². The summed E-state index contributed by atoms with van der Waals surface area (Å²) in [6.45, 7) is 2.79. The lowest BCUT2D eigenvalue weighted by Crippen LogP contribution is -2.33. The van der Waals surface area contributed by atoms with Crippen molar-refractivity contribution in [3.63, 3.8) is 0 Å². The predicted molar refractivity (Wildman–Crippen MR) is 73.0 cm³/mol. The number of carboxylic acid groups (broad SMARTS) is 1. The zero-order valence-electron chi connectivity index (χ0n) is 12.1. The monoisotopic (exact) mass is 285 g/mol. The second-order valence-electron chi connectivity index (χ2n) is 4.99. The summed E-state index contributed by atoms with van der Waals surface area (Å²) in [4.78, 5) is 10.9. The Bertz CT molecular complexity index is 497. The molecular formula is C14H20FNO4. The van der Waals surface area contributed by atoms with Crippen molar-refractivity contribution < 1.29 is 23.8 Å². The molecule has 1 atom stereocenters. The van der Waals surface area contributed by atoms with Crippen molar-refractivity contribution in [2.24, 2.45) is 5.73 Å². The second-order valence-corrected chi connectivity index (χ2v) is 4.99. The molecule has 1 unspecified atom stereocenters. The van der Waals surface area contributed by atoms with Gasteiger partial charge < -0.3 is 20.3 Å². The SMILES string of the molecule is COc1cc(CC(N)C(=O)O)c(C(C)(C)F)cc1OC. The van der Waals surface area contributed by atoms with Crippen LogP contribution in [0.3, 0.4) is 0 Å². The smallest absolute Gasteiger partial charge is 0.320 e. The van der Waals surface area contributed by atoms with Crippen molar-refractivity contribution in [1.82, 2.24) is 0 Å². The van der Waals surface area contributed by atoms with Crippen molar-refractivity contribution in [3.05, 3.63) is 23.3 Å². The van der Waals surface area contributed by atoms with Crippen LogP contribution < -0.4 is 15.2 Å². The Balaban J connectivity index is 3.35. The molecule has 0 heterocycles. The van der Waals surface area contributed by atoms with E-state index < -0.39 is 17.7 Å². The van der Waals surface area contributed by atoms with Crippen LogP contribution in [0.5, 0.6) is 11.5 Å². The second kappa shape index (κ2) is 6.09. The van der Waals surface area contributed by atoms with Crippen LogP contribution in [-0.2, 0) is 16.9 Å². The maximum Gasteiger partial charge on any atom is 0.320 e. The van der Waals surface area contributed by atoms with E-state index in [4.69, 9.17) is 20.3 Å². The standard InChI is InChI=1S/C14H20FNO4/c1-14(2,15)9-7-12(20-4)11(19-3)6-8(9)5-10(16)13(17)18/h6-7,10H,5,16H2,1-4H3,(H,17,18). The maximum atomic E-state index is 14.3. The van der Waals surface area contributed by atoms with E-state index in [0.717, 1.165) is 0 Å². The number of aliphatic carboxylic acids is 1. The minimum absolute atomic E-state index is 0.0123. The van der Waals surface area contributed by atoms with E-state index in [9.17, 15) is 9.18 Å². The molecule has 1 rings (SSSR count). The first kappa shape index (κ1) is 16.2. The summed E-state index contributed by atoms with van der Waals surface area (Å²) < 4.78 is 24.6. The molecule has 0 saturated heterocycles. The first-order valence-corrected chi connectivity index (χ1v) is 6.13.